The topological polar surface area (TPSA) is 48.1 Å². The molecule has 21 heavy (non-hydrogen) atoms. The molecule has 0 bridgehead atoms. The van der Waals surface area contributed by atoms with Gasteiger partial charge in [-0.1, -0.05) is 12.1 Å². The summed E-state index contributed by atoms with van der Waals surface area (Å²) < 4.78 is 19.1. The van der Waals surface area contributed by atoms with E-state index in [1.165, 1.54) is 18.9 Å². The first-order valence-corrected chi connectivity index (χ1v) is 7.93. The SMILES string of the molecule is CC(C)(N)c1sc(COc2ccccc2F)nc1C1CC1. The van der Waals surface area contributed by atoms with Crippen LogP contribution in [-0.4, -0.2) is 4.98 Å². The van der Waals surface area contributed by atoms with E-state index in [0.29, 0.717) is 5.92 Å². The molecular weight excluding hydrogens is 287 g/mol. The molecular formula is C16H19FN2OS. The van der Waals surface area contributed by atoms with E-state index in [4.69, 9.17) is 10.5 Å². The van der Waals surface area contributed by atoms with Gasteiger partial charge in [0.1, 0.15) is 11.6 Å². The summed E-state index contributed by atoms with van der Waals surface area (Å²) >= 11 is 1.58. The largest absolute Gasteiger partial charge is 0.483 e. The number of nitrogens with zero attached hydrogens (tertiary/aromatic N) is 1. The van der Waals surface area contributed by atoms with Crippen molar-refractivity contribution in [3.8, 4) is 5.75 Å². The standard InChI is InChI=1S/C16H19FN2OS/c1-16(2,18)15-14(10-7-8-10)19-13(21-15)9-20-12-6-4-3-5-11(12)17/h3-6,10H,7-9,18H2,1-2H3. The number of thiazole rings is 1. The Bertz CT molecular complexity index is 644. The van der Waals surface area contributed by atoms with Crippen LogP contribution in [0.5, 0.6) is 5.75 Å². The number of para-hydroxylation sites is 1. The Morgan fingerprint density at radius 1 is 1.38 bits per heavy atom. The Morgan fingerprint density at radius 2 is 2.10 bits per heavy atom. The molecule has 1 heterocycles. The number of aromatic nitrogens is 1. The summed E-state index contributed by atoms with van der Waals surface area (Å²) in [5.74, 6) is 0.450. The van der Waals surface area contributed by atoms with E-state index in [2.05, 4.69) is 4.98 Å². The fourth-order valence-corrected chi connectivity index (χ4v) is 3.31. The number of halogens is 1. The van der Waals surface area contributed by atoms with Gasteiger partial charge in [-0.05, 0) is 38.8 Å². The van der Waals surface area contributed by atoms with E-state index in [-0.39, 0.29) is 18.2 Å². The van der Waals surface area contributed by atoms with Crippen molar-refractivity contribution in [2.75, 3.05) is 0 Å². The maximum Gasteiger partial charge on any atom is 0.165 e. The fourth-order valence-electron chi connectivity index (χ4n) is 2.24. The molecule has 1 aromatic carbocycles. The summed E-state index contributed by atoms with van der Waals surface area (Å²) in [4.78, 5) is 5.80. The van der Waals surface area contributed by atoms with Crippen LogP contribution in [0.3, 0.4) is 0 Å². The molecule has 1 fully saturated rings. The monoisotopic (exact) mass is 306 g/mol. The number of hydrogen-bond donors (Lipinski definition) is 1. The van der Waals surface area contributed by atoms with Crippen molar-refractivity contribution in [2.45, 2.75) is 44.8 Å². The molecule has 1 aliphatic rings. The van der Waals surface area contributed by atoms with Crippen molar-refractivity contribution in [3.63, 3.8) is 0 Å². The molecule has 112 valence electrons. The van der Waals surface area contributed by atoms with Gasteiger partial charge in [0.15, 0.2) is 11.6 Å². The summed E-state index contributed by atoms with van der Waals surface area (Å²) in [6.45, 7) is 4.27. The van der Waals surface area contributed by atoms with Gasteiger partial charge in [0, 0.05) is 16.3 Å². The minimum absolute atomic E-state index is 0.259. The average molecular weight is 306 g/mol. The zero-order chi connectivity index (χ0) is 15.0. The molecule has 3 nitrogen and oxygen atoms in total. The molecule has 1 aromatic heterocycles. The van der Waals surface area contributed by atoms with Crippen molar-refractivity contribution in [3.05, 3.63) is 45.7 Å². The molecule has 0 atom stereocenters. The van der Waals surface area contributed by atoms with Gasteiger partial charge in [0.05, 0.1) is 5.69 Å². The molecule has 0 spiro atoms. The van der Waals surface area contributed by atoms with E-state index in [9.17, 15) is 4.39 Å². The van der Waals surface area contributed by atoms with Crippen molar-refractivity contribution in [1.29, 1.82) is 0 Å². The van der Waals surface area contributed by atoms with Crippen LogP contribution in [-0.2, 0) is 12.1 Å². The van der Waals surface area contributed by atoms with Crippen LogP contribution in [0.1, 0.15) is 48.2 Å². The van der Waals surface area contributed by atoms with Crippen molar-refractivity contribution < 1.29 is 9.13 Å². The number of ether oxygens (including phenoxy) is 1. The van der Waals surface area contributed by atoms with Gasteiger partial charge < -0.3 is 10.5 Å². The van der Waals surface area contributed by atoms with Gasteiger partial charge in [-0.25, -0.2) is 9.37 Å². The third-order valence-corrected chi connectivity index (χ3v) is 4.82. The highest BCUT2D eigenvalue weighted by molar-refractivity contribution is 7.11. The first-order valence-electron chi connectivity index (χ1n) is 7.11. The van der Waals surface area contributed by atoms with E-state index >= 15 is 0 Å². The molecule has 2 N–H and O–H groups in total. The summed E-state index contributed by atoms with van der Waals surface area (Å²) in [5.41, 5.74) is 6.95. The molecule has 3 rings (SSSR count). The number of hydrogen-bond acceptors (Lipinski definition) is 4. The normalized spacial score (nSPS) is 15.2. The smallest absolute Gasteiger partial charge is 0.165 e. The summed E-state index contributed by atoms with van der Waals surface area (Å²) in [6.07, 6.45) is 2.36. The Kier molecular flexibility index (Phi) is 3.71. The predicted octanol–water partition coefficient (Wildman–Crippen LogP) is 3.93. The van der Waals surface area contributed by atoms with Gasteiger partial charge >= 0.3 is 0 Å². The Labute approximate surface area is 128 Å². The number of rotatable bonds is 5. The molecule has 0 saturated heterocycles. The maximum absolute atomic E-state index is 13.5. The Hall–Kier alpha value is -1.46. The van der Waals surface area contributed by atoms with Crippen LogP contribution >= 0.6 is 11.3 Å². The van der Waals surface area contributed by atoms with Gasteiger partial charge in [-0.15, -0.1) is 11.3 Å². The molecule has 5 heteroatoms. The van der Waals surface area contributed by atoms with E-state index in [0.717, 1.165) is 15.6 Å². The minimum Gasteiger partial charge on any atom is -0.483 e. The summed E-state index contributed by atoms with van der Waals surface area (Å²) in [5, 5.41) is 0.855. The second-order valence-electron chi connectivity index (χ2n) is 6.04. The van der Waals surface area contributed by atoms with Crippen LogP contribution < -0.4 is 10.5 Å². The van der Waals surface area contributed by atoms with Crippen molar-refractivity contribution in [1.82, 2.24) is 4.98 Å². The Balaban J connectivity index is 1.79. The van der Waals surface area contributed by atoms with E-state index in [1.807, 2.05) is 13.8 Å². The quantitative estimate of drug-likeness (QED) is 0.910. The van der Waals surface area contributed by atoms with Gasteiger partial charge in [-0.3, -0.25) is 0 Å². The molecule has 0 unspecified atom stereocenters. The average Bonchev–Trinajstić information content (AvgIpc) is 3.17. The highest BCUT2D eigenvalue weighted by Crippen LogP contribution is 2.45. The third kappa shape index (κ3) is 3.24. The number of benzene rings is 1. The molecule has 0 amide bonds. The lowest BCUT2D eigenvalue weighted by atomic mass is 10.0. The van der Waals surface area contributed by atoms with E-state index in [1.54, 1.807) is 29.5 Å². The lowest BCUT2D eigenvalue weighted by molar-refractivity contribution is 0.289. The summed E-state index contributed by atoms with van der Waals surface area (Å²) in [7, 11) is 0. The lowest BCUT2D eigenvalue weighted by Gasteiger charge is -2.17. The molecule has 1 aliphatic carbocycles. The van der Waals surface area contributed by atoms with Gasteiger partial charge in [0.25, 0.3) is 0 Å². The summed E-state index contributed by atoms with van der Waals surface area (Å²) in [6, 6.07) is 6.41. The minimum atomic E-state index is -0.397. The third-order valence-electron chi connectivity index (χ3n) is 3.43. The lowest BCUT2D eigenvalue weighted by Crippen LogP contribution is -2.28. The van der Waals surface area contributed by atoms with Crippen LogP contribution in [0.4, 0.5) is 4.39 Å². The van der Waals surface area contributed by atoms with Crippen LogP contribution in [0.25, 0.3) is 0 Å². The van der Waals surface area contributed by atoms with Crippen LogP contribution in [0.2, 0.25) is 0 Å². The predicted molar refractivity (Wildman–Crippen MR) is 82.0 cm³/mol. The van der Waals surface area contributed by atoms with E-state index < -0.39 is 5.54 Å². The molecule has 2 aromatic rings. The highest BCUT2D eigenvalue weighted by atomic mass is 32.1. The fraction of sp³-hybridized carbons (Fsp3) is 0.438. The first-order chi connectivity index (χ1) is 9.95. The van der Waals surface area contributed by atoms with Gasteiger partial charge in [0.2, 0.25) is 0 Å². The number of nitrogens with two attached hydrogens (primary N) is 1. The van der Waals surface area contributed by atoms with Crippen molar-refractivity contribution >= 4 is 11.3 Å². The maximum atomic E-state index is 13.5. The molecule has 0 aliphatic heterocycles. The van der Waals surface area contributed by atoms with Crippen LogP contribution in [0, 0.1) is 5.82 Å². The molecule has 0 radical (unpaired) electrons. The second-order valence-corrected chi connectivity index (χ2v) is 7.12. The zero-order valence-corrected chi connectivity index (χ0v) is 13.0. The van der Waals surface area contributed by atoms with Gasteiger partial charge in [-0.2, -0.15) is 0 Å². The molecule has 1 saturated carbocycles. The zero-order valence-electron chi connectivity index (χ0n) is 12.2. The first kappa shape index (κ1) is 14.5. The van der Waals surface area contributed by atoms with Crippen LogP contribution in [0.15, 0.2) is 24.3 Å². The van der Waals surface area contributed by atoms with Crippen molar-refractivity contribution in [2.24, 2.45) is 5.73 Å². The Morgan fingerprint density at radius 3 is 2.71 bits per heavy atom. The second kappa shape index (κ2) is 5.39. The highest BCUT2D eigenvalue weighted by Gasteiger charge is 2.33.